The summed E-state index contributed by atoms with van der Waals surface area (Å²) in [7, 11) is -7.84. The van der Waals surface area contributed by atoms with Gasteiger partial charge in [0.1, 0.15) is 0 Å². The van der Waals surface area contributed by atoms with Gasteiger partial charge in [0.05, 0.1) is 0 Å². The van der Waals surface area contributed by atoms with Crippen molar-refractivity contribution in [2.45, 2.75) is 0 Å². The van der Waals surface area contributed by atoms with Gasteiger partial charge in [0.25, 0.3) is 0 Å². The molecule has 0 amide bonds. The van der Waals surface area contributed by atoms with E-state index in [-0.39, 0.29) is 12.1 Å². The molecule has 0 heterocycles. The van der Waals surface area contributed by atoms with Crippen LogP contribution >= 0.6 is 7.22 Å². The zero-order valence-electron chi connectivity index (χ0n) is 13.8. The van der Waals surface area contributed by atoms with Crippen molar-refractivity contribution < 1.29 is 43.5 Å². The first-order valence-corrected chi connectivity index (χ1v) is 9.61. The van der Waals surface area contributed by atoms with Gasteiger partial charge in [0.15, 0.2) is 0 Å². The van der Waals surface area contributed by atoms with Crippen LogP contribution in [0.2, 0.25) is 0 Å². The van der Waals surface area contributed by atoms with E-state index in [1.807, 2.05) is 0 Å². The van der Waals surface area contributed by atoms with E-state index >= 15 is 8.39 Å². The Morgan fingerprint density at radius 3 is 1.48 bits per heavy atom. The summed E-state index contributed by atoms with van der Waals surface area (Å²) in [6.45, 7) is 0. The molecule has 0 aromatic heterocycles. The first-order valence-electron chi connectivity index (χ1n) is 7.59. The van der Waals surface area contributed by atoms with E-state index in [0.29, 0.717) is 12.1 Å². The van der Waals surface area contributed by atoms with Gasteiger partial charge in [-0.1, -0.05) is 0 Å². The molecule has 3 aromatic carbocycles. The quantitative estimate of drug-likeness (QED) is 0.220. The summed E-state index contributed by atoms with van der Waals surface area (Å²) in [4.78, 5) is 0. The molecule has 0 aliphatic heterocycles. The van der Waals surface area contributed by atoms with Gasteiger partial charge in [-0.15, -0.1) is 0 Å². The van der Waals surface area contributed by atoms with Crippen molar-refractivity contribution in [1.82, 2.24) is 0 Å². The topological polar surface area (TPSA) is 0 Å². The molecule has 0 bridgehead atoms. The third-order valence-corrected chi connectivity index (χ3v) is 7.80. The van der Waals surface area contributed by atoms with Crippen molar-refractivity contribution in [1.29, 1.82) is 0 Å². The van der Waals surface area contributed by atoms with Gasteiger partial charge in [-0.05, 0) is 0 Å². The molecule has 3 aromatic rings. The predicted molar refractivity (Wildman–Crippen MR) is 87.0 cm³/mol. The Balaban J connectivity index is 2.61. The molecule has 0 radical (unpaired) electrons. The third-order valence-electron chi connectivity index (χ3n) is 4.23. The summed E-state index contributed by atoms with van der Waals surface area (Å²) in [5, 5.41) is -5.96. The molecule has 0 N–H and O–H groups in total. The van der Waals surface area contributed by atoms with Crippen LogP contribution in [-0.2, 0) is 0 Å². The standard InChI is InChI=1S/C18H7F10P/c19-9-6-7-10(12(21)11(9)20)29(27,28,8-4-2-1-3-5-8)18-16(25)14(23)13(22)15(24)17(18)26/h1-7H. The molecule has 154 valence electrons. The van der Waals surface area contributed by atoms with E-state index in [2.05, 4.69) is 0 Å². The zero-order valence-corrected chi connectivity index (χ0v) is 14.7. The fraction of sp³-hybridized carbons (Fsp3) is 0. The van der Waals surface area contributed by atoms with Crippen LogP contribution in [0, 0.1) is 46.5 Å². The molecule has 29 heavy (non-hydrogen) atoms. The molecular weight excluding hydrogens is 437 g/mol. The number of hydrogen-bond donors (Lipinski definition) is 0. The molecule has 0 aliphatic carbocycles. The molecule has 0 fully saturated rings. The Morgan fingerprint density at radius 2 is 0.966 bits per heavy atom. The van der Waals surface area contributed by atoms with Crippen LogP contribution in [0.1, 0.15) is 0 Å². The van der Waals surface area contributed by atoms with Crippen molar-refractivity contribution in [3.05, 3.63) is 89.0 Å². The summed E-state index contributed by atoms with van der Waals surface area (Å²) in [6.07, 6.45) is 0. The minimum atomic E-state index is -7.84. The Kier molecular flexibility index (Phi) is 4.89. The van der Waals surface area contributed by atoms with Gasteiger partial charge in [-0.2, -0.15) is 0 Å². The SMILES string of the molecule is Fc1ccc(P(F)(F)(c2ccccc2)c2c(F)c(F)c(F)c(F)c2F)c(F)c1F. The van der Waals surface area contributed by atoms with Crippen molar-refractivity contribution in [3.8, 4) is 0 Å². The Labute approximate surface area is 156 Å². The first-order chi connectivity index (χ1) is 13.4. The second-order valence-corrected chi connectivity index (χ2v) is 9.11. The molecule has 0 aliphatic rings. The van der Waals surface area contributed by atoms with Gasteiger partial charge in [0.2, 0.25) is 0 Å². The summed E-state index contributed by atoms with van der Waals surface area (Å²) in [6, 6.07) is 4.22. The summed E-state index contributed by atoms with van der Waals surface area (Å²) in [5.41, 5.74) is 0. The number of hydrogen-bond acceptors (Lipinski definition) is 0. The van der Waals surface area contributed by atoms with E-state index in [1.165, 1.54) is 6.07 Å². The van der Waals surface area contributed by atoms with Crippen LogP contribution in [-0.4, -0.2) is 0 Å². The summed E-state index contributed by atoms with van der Waals surface area (Å²) in [5.74, 6) is -20.7. The number of benzene rings is 3. The van der Waals surface area contributed by atoms with Crippen LogP contribution in [0.5, 0.6) is 0 Å². The maximum absolute atomic E-state index is 16.3. The Morgan fingerprint density at radius 1 is 0.483 bits per heavy atom. The molecule has 0 saturated heterocycles. The average molecular weight is 444 g/mol. The van der Waals surface area contributed by atoms with E-state index < -0.39 is 69.7 Å². The van der Waals surface area contributed by atoms with Crippen LogP contribution < -0.4 is 15.9 Å². The predicted octanol–water partition coefficient (Wildman–Crippen LogP) is 5.40. The van der Waals surface area contributed by atoms with Gasteiger partial charge in [-0.3, -0.25) is 0 Å². The molecular formula is C18H7F10P. The van der Waals surface area contributed by atoms with E-state index in [1.54, 1.807) is 0 Å². The normalized spacial score (nSPS) is 13.2. The van der Waals surface area contributed by atoms with Crippen molar-refractivity contribution in [2.24, 2.45) is 0 Å². The average Bonchev–Trinajstić information content (AvgIpc) is 2.69. The number of halogens is 10. The Bertz CT molecular complexity index is 1100. The third kappa shape index (κ3) is 2.80. The maximum atomic E-state index is 16.3. The van der Waals surface area contributed by atoms with Crippen LogP contribution in [0.25, 0.3) is 0 Å². The van der Waals surface area contributed by atoms with Gasteiger partial charge in [0, 0.05) is 0 Å². The molecule has 0 nitrogen and oxygen atoms in total. The van der Waals surface area contributed by atoms with Gasteiger partial charge in [-0.25, -0.2) is 0 Å². The fourth-order valence-corrected chi connectivity index (χ4v) is 5.97. The molecule has 0 atom stereocenters. The molecule has 11 heteroatoms. The zero-order chi connectivity index (χ0) is 21.7. The van der Waals surface area contributed by atoms with E-state index in [9.17, 15) is 35.1 Å². The first kappa shape index (κ1) is 21.1. The van der Waals surface area contributed by atoms with Gasteiger partial charge >= 0.3 is 156 Å². The van der Waals surface area contributed by atoms with Gasteiger partial charge < -0.3 is 0 Å². The number of rotatable bonds is 3. The summed E-state index contributed by atoms with van der Waals surface area (Å²) >= 11 is 0. The second kappa shape index (κ2) is 6.73. The molecule has 0 saturated carbocycles. The minimum absolute atomic E-state index is 0.0105. The van der Waals surface area contributed by atoms with Crippen LogP contribution in [0.15, 0.2) is 42.5 Å². The van der Waals surface area contributed by atoms with Crippen LogP contribution in [0.3, 0.4) is 0 Å². The van der Waals surface area contributed by atoms with Crippen LogP contribution in [0.4, 0.5) is 43.5 Å². The van der Waals surface area contributed by atoms with Crippen molar-refractivity contribution >= 4 is 23.1 Å². The Hall–Kier alpha value is -2.61. The van der Waals surface area contributed by atoms with E-state index in [4.69, 9.17) is 0 Å². The molecule has 3 rings (SSSR count). The van der Waals surface area contributed by atoms with Crippen molar-refractivity contribution in [3.63, 3.8) is 0 Å². The van der Waals surface area contributed by atoms with E-state index in [0.717, 1.165) is 12.1 Å². The van der Waals surface area contributed by atoms with Crippen molar-refractivity contribution in [2.75, 3.05) is 0 Å². The molecule has 0 spiro atoms. The molecule has 0 unspecified atom stereocenters. The summed E-state index contributed by atoms with van der Waals surface area (Å²) < 4.78 is 143. The fourth-order valence-electron chi connectivity index (χ4n) is 2.84. The monoisotopic (exact) mass is 444 g/mol. The second-order valence-electron chi connectivity index (χ2n) is 5.85.